The summed E-state index contributed by atoms with van der Waals surface area (Å²) in [4.78, 5) is 1.04. The molecule has 0 radical (unpaired) electrons. The Labute approximate surface area is 151 Å². The number of nitrogens with one attached hydrogen (secondary N) is 1. The highest BCUT2D eigenvalue weighted by molar-refractivity contribution is 7.89. The van der Waals surface area contributed by atoms with Crippen molar-refractivity contribution >= 4 is 21.4 Å². The average molecular weight is 377 g/mol. The molecule has 132 valence electrons. The van der Waals surface area contributed by atoms with Gasteiger partial charge in [-0.3, -0.25) is 0 Å². The normalized spacial score (nSPS) is 13.1. The molecule has 1 N–H and O–H groups in total. The number of thiophene rings is 1. The smallest absolute Gasteiger partial charge is 0.246 e. The van der Waals surface area contributed by atoms with E-state index in [1.165, 1.54) is 16.9 Å². The minimum atomic E-state index is -3.77. The third-order valence-corrected chi connectivity index (χ3v) is 6.66. The third-order valence-electron chi connectivity index (χ3n) is 4.06. The van der Waals surface area contributed by atoms with Gasteiger partial charge in [-0.15, -0.1) is 11.3 Å². The Hall–Kier alpha value is -1.96. The van der Waals surface area contributed by atoms with E-state index in [9.17, 15) is 8.42 Å². The minimum Gasteiger partial charge on any atom is -0.360 e. The maximum absolute atomic E-state index is 12.9. The Kier molecular flexibility index (Phi) is 5.08. The van der Waals surface area contributed by atoms with Gasteiger partial charge in [0.1, 0.15) is 10.6 Å². The lowest BCUT2D eigenvalue weighted by molar-refractivity contribution is 0.390. The van der Waals surface area contributed by atoms with Gasteiger partial charge < -0.3 is 4.52 Å². The molecule has 1 aromatic carbocycles. The summed E-state index contributed by atoms with van der Waals surface area (Å²) in [5, 5.41) is 5.69. The van der Waals surface area contributed by atoms with Gasteiger partial charge in [-0.25, -0.2) is 8.42 Å². The number of aromatic nitrogens is 1. The van der Waals surface area contributed by atoms with E-state index in [2.05, 4.69) is 16.8 Å². The molecule has 25 heavy (non-hydrogen) atoms. The molecular formula is C18H20N2O3S2. The second kappa shape index (κ2) is 7.11. The first-order chi connectivity index (χ1) is 11.9. The number of hydrogen-bond acceptors (Lipinski definition) is 5. The molecule has 7 heteroatoms. The van der Waals surface area contributed by atoms with Crippen molar-refractivity contribution in [1.29, 1.82) is 0 Å². The SMILES string of the molecule is CCc1ccc([C@@H](NS(=O)(=O)c2c(C)noc2C)c2cccs2)cc1. The molecule has 2 aromatic heterocycles. The first-order valence-electron chi connectivity index (χ1n) is 8.00. The van der Waals surface area contributed by atoms with E-state index in [1.54, 1.807) is 13.8 Å². The highest BCUT2D eigenvalue weighted by Crippen LogP contribution is 2.29. The molecular weight excluding hydrogens is 356 g/mol. The standard InChI is InChI=1S/C18H20N2O3S2/c1-4-14-7-9-15(10-8-14)17(16-6-5-11-24-16)20-25(21,22)18-12(2)19-23-13(18)3/h5-11,17,20H,4H2,1-3H3/t17-/m1/s1. The molecule has 0 bridgehead atoms. The van der Waals surface area contributed by atoms with E-state index < -0.39 is 16.1 Å². The van der Waals surface area contributed by atoms with Crippen LogP contribution in [0.2, 0.25) is 0 Å². The van der Waals surface area contributed by atoms with Crippen LogP contribution in [0.15, 0.2) is 51.2 Å². The van der Waals surface area contributed by atoms with Gasteiger partial charge in [0.2, 0.25) is 10.0 Å². The van der Waals surface area contributed by atoms with Crippen LogP contribution in [-0.4, -0.2) is 13.6 Å². The minimum absolute atomic E-state index is 0.110. The van der Waals surface area contributed by atoms with Gasteiger partial charge in [0.25, 0.3) is 0 Å². The summed E-state index contributed by atoms with van der Waals surface area (Å²) in [7, 11) is -3.77. The molecule has 0 spiro atoms. The van der Waals surface area contributed by atoms with E-state index in [0.29, 0.717) is 5.69 Å². The van der Waals surface area contributed by atoms with Crippen molar-refractivity contribution in [1.82, 2.24) is 9.88 Å². The van der Waals surface area contributed by atoms with Crippen molar-refractivity contribution in [2.24, 2.45) is 0 Å². The number of rotatable bonds is 6. The van der Waals surface area contributed by atoms with Crippen LogP contribution in [0.25, 0.3) is 0 Å². The molecule has 0 saturated heterocycles. The second-order valence-corrected chi connectivity index (χ2v) is 8.45. The van der Waals surface area contributed by atoms with E-state index >= 15 is 0 Å². The zero-order valence-electron chi connectivity index (χ0n) is 14.3. The molecule has 0 aliphatic carbocycles. The van der Waals surface area contributed by atoms with Gasteiger partial charge in [0.15, 0.2) is 5.76 Å². The number of nitrogens with zero attached hydrogens (tertiary/aromatic N) is 1. The van der Waals surface area contributed by atoms with E-state index in [-0.39, 0.29) is 10.7 Å². The summed E-state index contributed by atoms with van der Waals surface area (Å²) in [5.41, 5.74) is 2.47. The van der Waals surface area contributed by atoms with Crippen molar-refractivity contribution < 1.29 is 12.9 Å². The van der Waals surface area contributed by atoms with Crippen LogP contribution in [0.1, 0.15) is 40.4 Å². The van der Waals surface area contributed by atoms with Crippen LogP contribution in [0, 0.1) is 13.8 Å². The molecule has 0 aliphatic rings. The van der Waals surface area contributed by atoms with Crippen LogP contribution >= 0.6 is 11.3 Å². The van der Waals surface area contributed by atoms with E-state index in [1.807, 2.05) is 41.8 Å². The molecule has 2 heterocycles. The summed E-state index contributed by atoms with van der Waals surface area (Å²) in [6.45, 7) is 5.32. The van der Waals surface area contributed by atoms with Gasteiger partial charge in [0, 0.05) is 4.88 Å². The molecule has 0 saturated carbocycles. The Bertz CT molecular complexity index is 923. The Morgan fingerprint density at radius 3 is 2.44 bits per heavy atom. The molecule has 3 aromatic rings. The lowest BCUT2D eigenvalue weighted by atomic mass is 10.0. The Balaban J connectivity index is 2.01. The zero-order chi connectivity index (χ0) is 18.0. The van der Waals surface area contributed by atoms with Gasteiger partial charge in [-0.05, 0) is 42.8 Å². The molecule has 0 aliphatic heterocycles. The lowest BCUT2D eigenvalue weighted by Crippen LogP contribution is -2.29. The number of sulfonamides is 1. The molecule has 0 unspecified atom stereocenters. The number of aryl methyl sites for hydroxylation is 3. The van der Waals surface area contributed by atoms with Gasteiger partial charge in [-0.2, -0.15) is 4.72 Å². The van der Waals surface area contributed by atoms with Crippen molar-refractivity contribution in [3.8, 4) is 0 Å². The molecule has 5 nitrogen and oxygen atoms in total. The summed E-state index contributed by atoms with van der Waals surface area (Å²) in [6.07, 6.45) is 0.939. The average Bonchev–Trinajstić information content (AvgIpc) is 3.23. The molecule has 0 fully saturated rings. The Morgan fingerprint density at radius 1 is 1.20 bits per heavy atom. The number of hydrogen-bond donors (Lipinski definition) is 1. The predicted octanol–water partition coefficient (Wildman–Crippen LogP) is 3.98. The fourth-order valence-electron chi connectivity index (χ4n) is 2.76. The van der Waals surface area contributed by atoms with E-state index in [0.717, 1.165) is 16.9 Å². The van der Waals surface area contributed by atoms with Gasteiger partial charge in [-0.1, -0.05) is 42.4 Å². The van der Waals surface area contributed by atoms with Crippen molar-refractivity contribution in [3.63, 3.8) is 0 Å². The fraction of sp³-hybridized carbons (Fsp3) is 0.278. The molecule has 1 atom stereocenters. The summed E-state index contributed by atoms with van der Waals surface area (Å²) in [6, 6.07) is 11.4. The van der Waals surface area contributed by atoms with Crippen molar-refractivity contribution in [3.05, 3.63) is 69.2 Å². The van der Waals surface area contributed by atoms with E-state index in [4.69, 9.17) is 4.52 Å². The highest BCUT2D eigenvalue weighted by Gasteiger charge is 2.29. The second-order valence-electron chi connectivity index (χ2n) is 5.82. The largest absolute Gasteiger partial charge is 0.360 e. The Morgan fingerprint density at radius 2 is 1.92 bits per heavy atom. The molecule has 0 amide bonds. The monoisotopic (exact) mass is 376 g/mol. The van der Waals surface area contributed by atoms with Crippen LogP contribution in [0.3, 0.4) is 0 Å². The highest BCUT2D eigenvalue weighted by atomic mass is 32.2. The van der Waals surface area contributed by atoms with Crippen LogP contribution in [-0.2, 0) is 16.4 Å². The van der Waals surface area contributed by atoms with Crippen molar-refractivity contribution in [2.75, 3.05) is 0 Å². The summed E-state index contributed by atoms with van der Waals surface area (Å²) in [5.74, 6) is 0.288. The topological polar surface area (TPSA) is 72.2 Å². The third kappa shape index (κ3) is 3.68. The van der Waals surface area contributed by atoms with Crippen LogP contribution in [0.5, 0.6) is 0 Å². The van der Waals surface area contributed by atoms with Crippen molar-refractivity contribution in [2.45, 2.75) is 38.1 Å². The lowest BCUT2D eigenvalue weighted by Gasteiger charge is -2.18. The summed E-state index contributed by atoms with van der Waals surface area (Å²) >= 11 is 1.52. The first-order valence-corrected chi connectivity index (χ1v) is 10.4. The fourth-order valence-corrected chi connectivity index (χ4v) is 5.17. The number of benzene rings is 1. The molecule has 3 rings (SSSR count). The zero-order valence-corrected chi connectivity index (χ0v) is 15.9. The predicted molar refractivity (Wildman–Crippen MR) is 98.3 cm³/mol. The quantitative estimate of drug-likeness (QED) is 0.706. The summed E-state index contributed by atoms with van der Waals surface area (Å²) < 4.78 is 33.7. The van der Waals surface area contributed by atoms with Gasteiger partial charge >= 0.3 is 0 Å². The first kappa shape index (κ1) is 17.8. The van der Waals surface area contributed by atoms with Crippen LogP contribution < -0.4 is 4.72 Å². The maximum atomic E-state index is 12.9. The van der Waals surface area contributed by atoms with Crippen LogP contribution in [0.4, 0.5) is 0 Å². The van der Waals surface area contributed by atoms with Gasteiger partial charge in [0.05, 0.1) is 6.04 Å². The maximum Gasteiger partial charge on any atom is 0.246 e.